The third kappa shape index (κ3) is 2.22. The number of carbonyl (C=O) groups is 1. The Morgan fingerprint density at radius 1 is 1.54 bits per heavy atom. The lowest BCUT2D eigenvalue weighted by atomic mass is 10.0. The molecule has 3 heteroatoms. The minimum atomic E-state index is -0.856. The zero-order chi connectivity index (χ0) is 10.0. The first-order chi connectivity index (χ1) is 6.02. The minimum absolute atomic E-state index is 0.523. The van der Waals surface area contributed by atoms with Crippen molar-refractivity contribution < 1.29 is 9.90 Å². The summed E-state index contributed by atoms with van der Waals surface area (Å²) in [6.07, 6.45) is 0. The summed E-state index contributed by atoms with van der Waals surface area (Å²) in [5.74, 6) is -1.40. The molecule has 0 saturated heterocycles. The quantitative estimate of drug-likeness (QED) is 0.794. The van der Waals surface area contributed by atoms with E-state index in [9.17, 15) is 4.79 Å². The molecule has 1 aromatic carbocycles. The molecule has 1 aromatic rings. The minimum Gasteiger partial charge on any atom is -0.481 e. The van der Waals surface area contributed by atoms with Gasteiger partial charge in [-0.1, -0.05) is 23.7 Å². The molecule has 0 fully saturated rings. The van der Waals surface area contributed by atoms with Crippen LogP contribution in [0.15, 0.2) is 18.2 Å². The Labute approximate surface area is 82.2 Å². The first-order valence-corrected chi connectivity index (χ1v) is 4.39. The molecule has 70 valence electrons. The highest BCUT2D eigenvalue weighted by molar-refractivity contribution is 6.31. The van der Waals surface area contributed by atoms with E-state index < -0.39 is 11.9 Å². The van der Waals surface area contributed by atoms with Crippen molar-refractivity contribution in [2.45, 2.75) is 19.8 Å². The van der Waals surface area contributed by atoms with Gasteiger partial charge in [0.25, 0.3) is 0 Å². The van der Waals surface area contributed by atoms with E-state index in [1.165, 1.54) is 0 Å². The molecule has 0 aliphatic rings. The summed E-state index contributed by atoms with van der Waals surface area (Å²) in [5, 5.41) is 9.29. The third-order valence-electron chi connectivity index (χ3n) is 1.99. The maximum Gasteiger partial charge on any atom is 0.310 e. The van der Waals surface area contributed by atoms with Crippen LogP contribution < -0.4 is 0 Å². The van der Waals surface area contributed by atoms with Crippen molar-refractivity contribution in [1.29, 1.82) is 0 Å². The summed E-state index contributed by atoms with van der Waals surface area (Å²) in [4.78, 5) is 10.7. The second kappa shape index (κ2) is 3.79. The van der Waals surface area contributed by atoms with Gasteiger partial charge in [0.2, 0.25) is 0 Å². The number of rotatable bonds is 2. The molecule has 2 nitrogen and oxygen atoms in total. The molecule has 1 rings (SSSR count). The predicted octanol–water partition coefficient (Wildman–Crippen LogP) is 2.84. The summed E-state index contributed by atoms with van der Waals surface area (Å²) in [5.41, 5.74) is 1.70. The number of halogens is 1. The fraction of sp³-hybridized carbons (Fsp3) is 0.300. The first-order valence-electron chi connectivity index (χ1n) is 4.01. The molecule has 0 aliphatic carbocycles. The Bertz CT molecular complexity index is 334. The summed E-state index contributed by atoms with van der Waals surface area (Å²) < 4.78 is 0. The van der Waals surface area contributed by atoms with Crippen LogP contribution in [0.1, 0.15) is 24.0 Å². The molecular formula is C10H11ClO2. The highest BCUT2D eigenvalue weighted by Gasteiger charge is 2.16. The van der Waals surface area contributed by atoms with E-state index in [1.807, 2.05) is 13.0 Å². The van der Waals surface area contributed by atoms with Crippen LogP contribution in [-0.2, 0) is 4.79 Å². The topological polar surface area (TPSA) is 37.3 Å². The molecule has 1 unspecified atom stereocenters. The number of aryl methyl sites for hydroxylation is 1. The second-order valence-electron chi connectivity index (χ2n) is 3.08. The maximum atomic E-state index is 10.7. The number of hydrogen-bond acceptors (Lipinski definition) is 1. The Hall–Kier alpha value is -1.02. The highest BCUT2D eigenvalue weighted by Crippen LogP contribution is 2.25. The van der Waals surface area contributed by atoms with Gasteiger partial charge in [-0.2, -0.15) is 0 Å². The van der Waals surface area contributed by atoms with Gasteiger partial charge in [0.15, 0.2) is 0 Å². The Morgan fingerprint density at radius 2 is 2.15 bits per heavy atom. The lowest BCUT2D eigenvalue weighted by Gasteiger charge is -2.08. The maximum absolute atomic E-state index is 10.7. The molecule has 1 atom stereocenters. The summed E-state index contributed by atoms with van der Waals surface area (Å²) in [7, 11) is 0. The smallest absolute Gasteiger partial charge is 0.310 e. The van der Waals surface area contributed by atoms with Crippen LogP contribution in [0.25, 0.3) is 0 Å². The number of aliphatic carboxylic acids is 1. The van der Waals surface area contributed by atoms with Gasteiger partial charge in [-0.15, -0.1) is 0 Å². The molecule has 0 spiro atoms. The Morgan fingerprint density at radius 3 is 2.62 bits per heavy atom. The van der Waals surface area contributed by atoms with Gasteiger partial charge in [-0.25, -0.2) is 0 Å². The van der Waals surface area contributed by atoms with Gasteiger partial charge in [0.1, 0.15) is 0 Å². The number of carboxylic acids is 1. The van der Waals surface area contributed by atoms with E-state index in [1.54, 1.807) is 19.1 Å². The number of carboxylic acid groups (broad SMARTS) is 1. The van der Waals surface area contributed by atoms with Gasteiger partial charge in [-0.3, -0.25) is 4.79 Å². The van der Waals surface area contributed by atoms with Gasteiger partial charge in [-0.05, 0) is 31.0 Å². The van der Waals surface area contributed by atoms with E-state index in [4.69, 9.17) is 16.7 Å². The summed E-state index contributed by atoms with van der Waals surface area (Å²) in [6, 6.07) is 5.40. The average molecular weight is 199 g/mol. The Kier molecular flexibility index (Phi) is 2.94. The van der Waals surface area contributed by atoms with Crippen molar-refractivity contribution in [2.24, 2.45) is 0 Å². The molecule has 0 amide bonds. The fourth-order valence-corrected chi connectivity index (χ4v) is 1.52. The van der Waals surface area contributed by atoms with E-state index in [0.717, 1.165) is 5.56 Å². The largest absolute Gasteiger partial charge is 0.481 e. The molecule has 0 saturated carbocycles. The van der Waals surface area contributed by atoms with E-state index in [0.29, 0.717) is 10.6 Å². The Balaban J connectivity index is 3.08. The second-order valence-corrected chi connectivity index (χ2v) is 3.49. The molecule has 0 aliphatic heterocycles. The van der Waals surface area contributed by atoms with Gasteiger partial charge in [0, 0.05) is 5.02 Å². The van der Waals surface area contributed by atoms with Crippen LogP contribution >= 0.6 is 11.6 Å². The normalized spacial score (nSPS) is 12.5. The van der Waals surface area contributed by atoms with Gasteiger partial charge < -0.3 is 5.11 Å². The fourth-order valence-electron chi connectivity index (χ4n) is 1.12. The van der Waals surface area contributed by atoms with Crippen LogP contribution in [0, 0.1) is 6.92 Å². The molecule has 0 bridgehead atoms. The highest BCUT2D eigenvalue weighted by atomic mass is 35.5. The van der Waals surface area contributed by atoms with Gasteiger partial charge in [0.05, 0.1) is 5.92 Å². The predicted molar refractivity (Wildman–Crippen MR) is 52.2 cm³/mol. The zero-order valence-electron chi connectivity index (χ0n) is 7.54. The van der Waals surface area contributed by atoms with E-state index in [-0.39, 0.29) is 0 Å². The zero-order valence-corrected chi connectivity index (χ0v) is 8.30. The third-order valence-corrected chi connectivity index (χ3v) is 2.32. The van der Waals surface area contributed by atoms with Crippen LogP contribution in [-0.4, -0.2) is 11.1 Å². The monoisotopic (exact) mass is 198 g/mol. The van der Waals surface area contributed by atoms with Crippen molar-refractivity contribution in [2.75, 3.05) is 0 Å². The van der Waals surface area contributed by atoms with Crippen LogP contribution in [0.4, 0.5) is 0 Å². The van der Waals surface area contributed by atoms with Crippen LogP contribution in [0.2, 0.25) is 5.02 Å². The van der Waals surface area contributed by atoms with Crippen molar-refractivity contribution in [3.63, 3.8) is 0 Å². The molecule has 1 N–H and O–H groups in total. The van der Waals surface area contributed by atoms with E-state index in [2.05, 4.69) is 0 Å². The molecule has 13 heavy (non-hydrogen) atoms. The molecule has 0 radical (unpaired) electrons. The summed E-state index contributed by atoms with van der Waals surface area (Å²) >= 11 is 5.91. The van der Waals surface area contributed by atoms with E-state index >= 15 is 0 Å². The van der Waals surface area contributed by atoms with Crippen LogP contribution in [0.3, 0.4) is 0 Å². The van der Waals surface area contributed by atoms with Crippen LogP contribution in [0.5, 0.6) is 0 Å². The van der Waals surface area contributed by atoms with Gasteiger partial charge >= 0.3 is 5.97 Å². The number of benzene rings is 1. The lowest BCUT2D eigenvalue weighted by molar-refractivity contribution is -0.138. The number of hydrogen-bond donors (Lipinski definition) is 1. The average Bonchev–Trinajstić information content (AvgIpc) is 2.03. The first kappa shape index (κ1) is 10.1. The van der Waals surface area contributed by atoms with Crippen molar-refractivity contribution in [3.05, 3.63) is 34.3 Å². The molecule has 0 heterocycles. The van der Waals surface area contributed by atoms with Crippen molar-refractivity contribution in [1.82, 2.24) is 0 Å². The molecular weight excluding hydrogens is 188 g/mol. The summed E-state index contributed by atoms with van der Waals surface area (Å²) in [6.45, 7) is 3.54. The SMILES string of the molecule is Cc1ccc(C(C)C(=O)O)c(Cl)c1. The van der Waals surface area contributed by atoms with Crippen molar-refractivity contribution >= 4 is 17.6 Å². The van der Waals surface area contributed by atoms with Crippen molar-refractivity contribution in [3.8, 4) is 0 Å². The molecule has 0 aromatic heterocycles. The lowest BCUT2D eigenvalue weighted by Crippen LogP contribution is -2.07. The standard InChI is InChI=1S/C10H11ClO2/c1-6-3-4-8(9(11)5-6)7(2)10(12)13/h3-5,7H,1-2H3,(H,12,13).